The zero-order chi connectivity index (χ0) is 20.5. The second kappa shape index (κ2) is 7.82. The Morgan fingerprint density at radius 3 is 2.17 bits per heavy atom. The van der Waals surface area contributed by atoms with Gasteiger partial charge in [0.1, 0.15) is 23.3 Å². The summed E-state index contributed by atoms with van der Waals surface area (Å²) < 4.78 is 29.6. The first-order valence-corrected chi connectivity index (χ1v) is 9.55. The molecule has 1 fully saturated rings. The average Bonchev–Trinajstić information content (AvgIpc) is 3.03. The van der Waals surface area contributed by atoms with Crippen LogP contribution < -0.4 is 4.90 Å². The third kappa shape index (κ3) is 4.09. The highest BCUT2D eigenvalue weighted by atomic mass is 19.1. The number of hydrogen-bond donors (Lipinski definition) is 0. The van der Waals surface area contributed by atoms with Crippen LogP contribution in [0.5, 0.6) is 0 Å². The molecule has 3 aromatic heterocycles. The molecule has 1 aliphatic heterocycles. The third-order valence-electron chi connectivity index (χ3n) is 5.07. The maximum atomic E-state index is 13.9. The summed E-state index contributed by atoms with van der Waals surface area (Å²) in [6.45, 7) is 8.82. The van der Waals surface area contributed by atoms with E-state index in [0.29, 0.717) is 32.0 Å². The Morgan fingerprint density at radius 1 is 0.897 bits per heavy atom. The van der Waals surface area contributed by atoms with Gasteiger partial charge in [-0.1, -0.05) is 0 Å². The van der Waals surface area contributed by atoms with E-state index in [-0.39, 0.29) is 12.1 Å². The van der Waals surface area contributed by atoms with Crippen LogP contribution in [0.2, 0.25) is 0 Å². The number of rotatable bonds is 4. The van der Waals surface area contributed by atoms with Gasteiger partial charge in [-0.05, 0) is 26.8 Å². The molecule has 7 nitrogen and oxygen atoms in total. The van der Waals surface area contributed by atoms with Gasteiger partial charge in [0.2, 0.25) is 0 Å². The highest BCUT2D eigenvalue weighted by molar-refractivity contribution is 5.45. The largest absolute Gasteiger partial charge is 0.354 e. The van der Waals surface area contributed by atoms with Crippen molar-refractivity contribution in [3.05, 3.63) is 58.9 Å². The Balaban J connectivity index is 1.48. The summed E-state index contributed by atoms with van der Waals surface area (Å²) in [4.78, 5) is 16.9. The van der Waals surface area contributed by atoms with Crippen molar-refractivity contribution in [1.29, 1.82) is 0 Å². The van der Waals surface area contributed by atoms with Crippen LogP contribution in [-0.2, 0) is 6.54 Å². The van der Waals surface area contributed by atoms with Gasteiger partial charge in [-0.15, -0.1) is 0 Å². The number of hydrogen-bond acceptors (Lipinski definition) is 6. The van der Waals surface area contributed by atoms with Crippen LogP contribution in [-0.4, -0.2) is 55.8 Å². The molecule has 29 heavy (non-hydrogen) atoms. The molecule has 0 aromatic carbocycles. The molecule has 0 aliphatic carbocycles. The lowest BCUT2D eigenvalue weighted by atomic mass is 10.2. The van der Waals surface area contributed by atoms with Crippen molar-refractivity contribution in [3.63, 3.8) is 0 Å². The predicted molar refractivity (Wildman–Crippen MR) is 105 cm³/mol. The molecule has 0 atom stereocenters. The van der Waals surface area contributed by atoms with Gasteiger partial charge in [-0.25, -0.2) is 23.4 Å². The van der Waals surface area contributed by atoms with Gasteiger partial charge in [-0.3, -0.25) is 9.88 Å². The molecule has 0 amide bonds. The summed E-state index contributed by atoms with van der Waals surface area (Å²) in [5.74, 6) is 1.04. The fraction of sp³-hybridized carbons (Fsp3) is 0.400. The van der Waals surface area contributed by atoms with Gasteiger partial charge in [0, 0.05) is 50.0 Å². The fourth-order valence-electron chi connectivity index (χ4n) is 3.62. The Hall–Kier alpha value is -2.94. The molecule has 1 saturated heterocycles. The molecule has 0 radical (unpaired) electrons. The quantitative estimate of drug-likeness (QED) is 0.672. The van der Waals surface area contributed by atoms with Gasteiger partial charge in [0.15, 0.2) is 5.82 Å². The Kier molecular flexibility index (Phi) is 5.23. The molecule has 1 aliphatic rings. The van der Waals surface area contributed by atoms with Crippen LogP contribution in [0.15, 0.2) is 24.5 Å². The smallest absolute Gasteiger partial charge is 0.159 e. The maximum absolute atomic E-state index is 13.9. The number of nitrogens with zero attached hydrogens (tertiary/aromatic N) is 7. The fourth-order valence-corrected chi connectivity index (χ4v) is 3.62. The second-order valence-corrected chi connectivity index (χ2v) is 7.32. The van der Waals surface area contributed by atoms with Crippen molar-refractivity contribution in [2.24, 2.45) is 0 Å². The summed E-state index contributed by atoms with van der Waals surface area (Å²) in [7, 11) is 0. The average molecular weight is 399 g/mol. The molecular weight excluding hydrogens is 376 g/mol. The molecule has 9 heteroatoms. The van der Waals surface area contributed by atoms with Crippen LogP contribution in [0.3, 0.4) is 0 Å². The van der Waals surface area contributed by atoms with Gasteiger partial charge in [0.25, 0.3) is 0 Å². The maximum Gasteiger partial charge on any atom is 0.159 e. The Bertz CT molecular complexity index is 1010. The number of anilines is 1. The van der Waals surface area contributed by atoms with E-state index in [4.69, 9.17) is 0 Å². The van der Waals surface area contributed by atoms with E-state index in [0.717, 1.165) is 35.4 Å². The number of piperazine rings is 1. The highest BCUT2D eigenvalue weighted by Crippen LogP contribution is 2.20. The van der Waals surface area contributed by atoms with Crippen molar-refractivity contribution in [2.75, 3.05) is 31.1 Å². The molecular formula is C20H23F2N7. The molecule has 0 spiro atoms. The van der Waals surface area contributed by atoms with Crippen LogP contribution in [0.4, 0.5) is 14.6 Å². The van der Waals surface area contributed by atoms with Gasteiger partial charge < -0.3 is 4.90 Å². The van der Waals surface area contributed by atoms with Crippen LogP contribution in [0.25, 0.3) is 5.82 Å². The van der Waals surface area contributed by atoms with Crippen LogP contribution in [0, 0.1) is 32.4 Å². The van der Waals surface area contributed by atoms with E-state index in [1.54, 1.807) is 0 Å². The van der Waals surface area contributed by atoms with Crippen molar-refractivity contribution in [2.45, 2.75) is 27.3 Å². The molecule has 3 aromatic rings. The molecule has 0 N–H and O–H groups in total. The Morgan fingerprint density at radius 2 is 1.55 bits per heavy atom. The van der Waals surface area contributed by atoms with Crippen LogP contribution >= 0.6 is 0 Å². The topological polar surface area (TPSA) is 63.0 Å². The second-order valence-electron chi connectivity index (χ2n) is 7.32. The predicted octanol–water partition coefficient (Wildman–Crippen LogP) is 2.58. The zero-order valence-electron chi connectivity index (χ0n) is 16.7. The van der Waals surface area contributed by atoms with E-state index in [9.17, 15) is 8.78 Å². The SMILES string of the molecule is Cc1cc(C)n(-c2cc(N3CCN(Cc4c(F)cncc4F)CC3)nc(C)n2)n1. The molecule has 0 unspecified atom stereocenters. The van der Waals surface area contributed by atoms with Gasteiger partial charge in [-0.2, -0.15) is 5.10 Å². The molecule has 4 rings (SSSR count). The van der Waals surface area contributed by atoms with Crippen molar-refractivity contribution < 1.29 is 8.78 Å². The minimum atomic E-state index is -0.603. The first kappa shape index (κ1) is 19.4. The summed E-state index contributed by atoms with van der Waals surface area (Å²) in [6.07, 6.45) is 2.11. The van der Waals surface area contributed by atoms with E-state index in [1.165, 1.54) is 0 Å². The molecule has 0 saturated carbocycles. The van der Waals surface area contributed by atoms with E-state index < -0.39 is 11.6 Å². The zero-order valence-corrected chi connectivity index (χ0v) is 16.7. The summed E-state index contributed by atoms with van der Waals surface area (Å²) in [6, 6.07) is 3.94. The lowest BCUT2D eigenvalue weighted by Gasteiger charge is -2.35. The summed E-state index contributed by atoms with van der Waals surface area (Å²) in [5.41, 5.74) is 2.01. The van der Waals surface area contributed by atoms with Crippen molar-refractivity contribution in [3.8, 4) is 5.82 Å². The van der Waals surface area contributed by atoms with Crippen LogP contribution in [0.1, 0.15) is 22.8 Å². The number of halogens is 2. The van der Waals surface area contributed by atoms with Crippen molar-refractivity contribution >= 4 is 5.82 Å². The highest BCUT2D eigenvalue weighted by Gasteiger charge is 2.22. The normalized spacial score (nSPS) is 15.1. The first-order valence-electron chi connectivity index (χ1n) is 9.55. The third-order valence-corrected chi connectivity index (χ3v) is 5.07. The number of aryl methyl sites for hydroxylation is 3. The standard InChI is InChI=1S/C20H23F2N7/c1-13-8-14(2)29(26-13)20-9-19(24-15(3)25-20)28-6-4-27(5-7-28)12-16-17(21)10-23-11-18(16)22/h8-11H,4-7,12H2,1-3H3. The molecule has 152 valence electrons. The van der Waals surface area contributed by atoms with Gasteiger partial charge in [0.05, 0.1) is 18.1 Å². The lowest BCUT2D eigenvalue weighted by Crippen LogP contribution is -2.46. The molecule has 4 heterocycles. The monoisotopic (exact) mass is 399 g/mol. The summed E-state index contributed by atoms with van der Waals surface area (Å²) >= 11 is 0. The van der Waals surface area contributed by atoms with Crippen molar-refractivity contribution in [1.82, 2.24) is 29.6 Å². The Labute approximate surface area is 168 Å². The number of aromatic nitrogens is 5. The lowest BCUT2D eigenvalue weighted by molar-refractivity contribution is 0.242. The first-order chi connectivity index (χ1) is 13.9. The van der Waals surface area contributed by atoms with E-state index in [1.807, 2.05) is 42.5 Å². The van der Waals surface area contributed by atoms with E-state index >= 15 is 0 Å². The minimum Gasteiger partial charge on any atom is -0.354 e. The molecule has 0 bridgehead atoms. The number of pyridine rings is 1. The summed E-state index contributed by atoms with van der Waals surface area (Å²) in [5, 5.41) is 4.51. The minimum absolute atomic E-state index is 0.0677. The van der Waals surface area contributed by atoms with Gasteiger partial charge >= 0.3 is 0 Å². The van der Waals surface area contributed by atoms with E-state index in [2.05, 4.69) is 25.0 Å².